The van der Waals surface area contributed by atoms with Crippen molar-refractivity contribution in [3.05, 3.63) is 23.6 Å². The second kappa shape index (κ2) is 11.4. The molecule has 4 rings (SSSR count). The van der Waals surface area contributed by atoms with Crippen LogP contribution in [0.1, 0.15) is 84.0 Å². The molecule has 31 heavy (non-hydrogen) atoms. The average molecular weight is 437 g/mol. The van der Waals surface area contributed by atoms with E-state index in [1.807, 2.05) is 0 Å². The number of ether oxygens (including phenoxy) is 2. The summed E-state index contributed by atoms with van der Waals surface area (Å²) in [5, 5.41) is 0. The van der Waals surface area contributed by atoms with E-state index in [0.717, 1.165) is 62.7 Å². The summed E-state index contributed by atoms with van der Waals surface area (Å²) in [6.45, 7) is 3.52. The first-order valence-corrected chi connectivity index (χ1v) is 13.0. The Morgan fingerprint density at radius 2 is 1.52 bits per heavy atom. The van der Waals surface area contributed by atoms with Crippen molar-refractivity contribution in [2.75, 3.05) is 19.9 Å². The Morgan fingerprint density at radius 3 is 2.13 bits per heavy atom. The molecule has 0 bridgehead atoms. The minimum atomic E-state index is -0.411. The van der Waals surface area contributed by atoms with Crippen LogP contribution in [0.15, 0.2) is 23.6 Å². The second-order valence-electron chi connectivity index (χ2n) is 10.7. The fraction of sp³-hybridized carbons (Fsp3) is 0.852. The van der Waals surface area contributed by atoms with Gasteiger partial charge in [-0.2, -0.15) is 0 Å². The summed E-state index contributed by atoms with van der Waals surface area (Å²) in [6.07, 6.45) is 17.2. The summed E-state index contributed by atoms with van der Waals surface area (Å²) in [6, 6.07) is 0. The molecule has 1 heterocycles. The van der Waals surface area contributed by atoms with E-state index in [9.17, 15) is 8.78 Å². The zero-order chi connectivity index (χ0) is 21.6. The van der Waals surface area contributed by atoms with Gasteiger partial charge in [-0.25, -0.2) is 4.39 Å². The molecule has 2 saturated carbocycles. The third-order valence-corrected chi connectivity index (χ3v) is 8.66. The summed E-state index contributed by atoms with van der Waals surface area (Å²) in [5.74, 6) is 2.61. The van der Waals surface area contributed by atoms with Crippen molar-refractivity contribution >= 4 is 0 Å². The van der Waals surface area contributed by atoms with Crippen molar-refractivity contribution in [3.63, 3.8) is 0 Å². The summed E-state index contributed by atoms with van der Waals surface area (Å²) < 4.78 is 40.0. The number of alkyl halides is 1. The maximum Gasteiger partial charge on any atom is 0.183 e. The number of hydrogen-bond donors (Lipinski definition) is 0. The van der Waals surface area contributed by atoms with Crippen molar-refractivity contribution in [1.29, 1.82) is 0 Å². The third-order valence-electron chi connectivity index (χ3n) is 8.66. The number of hydrogen-bond acceptors (Lipinski definition) is 2. The van der Waals surface area contributed by atoms with Gasteiger partial charge in [-0.3, -0.25) is 4.39 Å². The van der Waals surface area contributed by atoms with Crippen molar-refractivity contribution in [2.45, 2.75) is 90.3 Å². The fourth-order valence-corrected chi connectivity index (χ4v) is 6.45. The van der Waals surface area contributed by atoms with Gasteiger partial charge in [0.05, 0.1) is 19.9 Å². The quantitative estimate of drug-likeness (QED) is 0.410. The lowest BCUT2D eigenvalue weighted by Gasteiger charge is -2.39. The molecule has 0 aromatic carbocycles. The van der Waals surface area contributed by atoms with Crippen LogP contribution in [0, 0.1) is 35.5 Å². The maximum absolute atomic E-state index is 14.9. The van der Waals surface area contributed by atoms with Crippen LogP contribution < -0.4 is 0 Å². The van der Waals surface area contributed by atoms with Gasteiger partial charge in [0.1, 0.15) is 5.83 Å². The summed E-state index contributed by atoms with van der Waals surface area (Å²) in [7, 11) is 0. The highest BCUT2D eigenvalue weighted by Crippen LogP contribution is 2.42. The lowest BCUT2D eigenvalue weighted by atomic mass is 9.73. The third kappa shape index (κ3) is 5.99. The molecule has 3 fully saturated rings. The van der Waals surface area contributed by atoms with Gasteiger partial charge in [0, 0.05) is 17.4 Å². The normalized spacial score (nSPS) is 39.6. The van der Waals surface area contributed by atoms with Crippen LogP contribution in [0.2, 0.25) is 0 Å². The van der Waals surface area contributed by atoms with Gasteiger partial charge < -0.3 is 9.47 Å². The van der Waals surface area contributed by atoms with E-state index < -0.39 is 6.29 Å². The Bertz CT molecular complexity index is 607. The Balaban J connectivity index is 1.21. The van der Waals surface area contributed by atoms with E-state index in [1.54, 1.807) is 6.08 Å². The van der Waals surface area contributed by atoms with Gasteiger partial charge in [-0.15, -0.1) is 0 Å². The van der Waals surface area contributed by atoms with E-state index in [2.05, 4.69) is 13.0 Å². The lowest BCUT2D eigenvalue weighted by Crippen LogP contribution is -2.38. The first-order chi connectivity index (χ1) is 15.2. The van der Waals surface area contributed by atoms with Crippen molar-refractivity contribution < 1.29 is 18.3 Å². The van der Waals surface area contributed by atoms with E-state index in [4.69, 9.17) is 9.47 Å². The number of rotatable bonds is 7. The maximum atomic E-state index is 14.9. The molecule has 1 saturated heterocycles. The predicted molar refractivity (Wildman–Crippen MR) is 121 cm³/mol. The molecule has 0 aromatic heterocycles. The molecule has 0 N–H and O–H groups in total. The summed E-state index contributed by atoms with van der Waals surface area (Å²) in [4.78, 5) is 0. The first-order valence-electron chi connectivity index (χ1n) is 13.0. The van der Waals surface area contributed by atoms with Gasteiger partial charge in [-0.05, 0) is 74.7 Å². The van der Waals surface area contributed by atoms with Crippen LogP contribution in [0.5, 0.6) is 0 Å². The van der Waals surface area contributed by atoms with Crippen molar-refractivity contribution in [2.24, 2.45) is 35.5 Å². The van der Waals surface area contributed by atoms with Gasteiger partial charge in [0.2, 0.25) is 0 Å². The molecule has 1 atom stereocenters. The molecule has 1 unspecified atom stereocenters. The van der Waals surface area contributed by atoms with Crippen LogP contribution >= 0.6 is 0 Å². The van der Waals surface area contributed by atoms with Gasteiger partial charge in [-0.1, -0.05) is 45.1 Å². The molecule has 2 nitrogen and oxygen atoms in total. The zero-order valence-corrected chi connectivity index (χ0v) is 19.4. The summed E-state index contributed by atoms with van der Waals surface area (Å²) >= 11 is 0. The minimum absolute atomic E-state index is 0.0269. The Morgan fingerprint density at radius 1 is 0.871 bits per heavy atom. The Kier molecular flexibility index (Phi) is 8.62. The van der Waals surface area contributed by atoms with Gasteiger partial charge >= 0.3 is 0 Å². The molecule has 4 heteroatoms. The highest BCUT2D eigenvalue weighted by atomic mass is 19.1. The average Bonchev–Trinajstić information content (AvgIpc) is 2.83. The molecular formula is C27H42F2O2. The van der Waals surface area contributed by atoms with Crippen molar-refractivity contribution in [3.8, 4) is 0 Å². The summed E-state index contributed by atoms with van der Waals surface area (Å²) in [5.41, 5.74) is 0.855. The molecule has 0 amide bonds. The Hall–Kier alpha value is -0.740. The largest absolute Gasteiger partial charge is 0.348 e. The predicted octanol–water partition coefficient (Wildman–Crippen LogP) is 7.55. The van der Waals surface area contributed by atoms with Crippen LogP contribution in [0.4, 0.5) is 8.78 Å². The molecule has 176 valence electrons. The standard InChI is InChI=1S/C27H42F2O2/c1-2-3-4-19-5-9-21(10-6-19)24-17-30-27(31-18-24)23-13-14-25(26(29)15-23)22-11-7-20(16-28)8-12-22/h13,15,19-22,24-25,27H,2-12,14,16-18H2,1H3. The van der Waals surface area contributed by atoms with E-state index in [1.165, 1.54) is 44.9 Å². The van der Waals surface area contributed by atoms with Crippen LogP contribution in [-0.4, -0.2) is 26.2 Å². The second-order valence-corrected chi connectivity index (χ2v) is 10.7. The fourth-order valence-electron chi connectivity index (χ4n) is 6.45. The van der Waals surface area contributed by atoms with Gasteiger partial charge in [0.15, 0.2) is 6.29 Å². The lowest BCUT2D eigenvalue weighted by molar-refractivity contribution is -0.190. The smallest absolute Gasteiger partial charge is 0.183 e. The molecule has 0 spiro atoms. The van der Waals surface area contributed by atoms with E-state index >= 15 is 0 Å². The molecular weight excluding hydrogens is 394 g/mol. The molecule has 0 aromatic rings. The number of allylic oxidation sites excluding steroid dienone is 2. The van der Waals surface area contributed by atoms with Crippen LogP contribution in [0.25, 0.3) is 0 Å². The molecule has 4 aliphatic rings. The minimum Gasteiger partial charge on any atom is -0.348 e. The molecule has 1 aliphatic heterocycles. The van der Waals surface area contributed by atoms with E-state index in [-0.39, 0.29) is 24.3 Å². The molecule has 3 aliphatic carbocycles. The number of unbranched alkanes of at least 4 members (excludes halogenated alkanes) is 1. The monoisotopic (exact) mass is 436 g/mol. The van der Waals surface area contributed by atoms with E-state index in [0.29, 0.717) is 11.8 Å². The SMILES string of the molecule is CCCCC1CCC(C2COC(C3=CCC(C4CCC(CF)CC4)C(F)=C3)OC2)CC1. The van der Waals surface area contributed by atoms with Crippen molar-refractivity contribution in [1.82, 2.24) is 0 Å². The first kappa shape index (κ1) is 23.4. The highest BCUT2D eigenvalue weighted by molar-refractivity contribution is 5.29. The topological polar surface area (TPSA) is 18.5 Å². The highest BCUT2D eigenvalue weighted by Gasteiger charge is 2.35. The zero-order valence-electron chi connectivity index (χ0n) is 19.4. The molecule has 0 radical (unpaired) electrons. The number of halogens is 2. The van der Waals surface area contributed by atoms with Crippen LogP contribution in [0.3, 0.4) is 0 Å². The van der Waals surface area contributed by atoms with Crippen LogP contribution in [-0.2, 0) is 9.47 Å². The Labute approximate surface area is 187 Å². The van der Waals surface area contributed by atoms with Gasteiger partial charge in [0.25, 0.3) is 0 Å².